The second kappa shape index (κ2) is 4.99. The van der Waals surface area contributed by atoms with Gasteiger partial charge in [0.15, 0.2) is 0 Å². The van der Waals surface area contributed by atoms with Crippen LogP contribution in [0.4, 0.5) is 5.82 Å². The fourth-order valence-corrected chi connectivity index (χ4v) is 1.66. The Hall–Kier alpha value is -1.55. The van der Waals surface area contributed by atoms with Crippen LogP contribution in [0.25, 0.3) is 0 Å². The summed E-state index contributed by atoms with van der Waals surface area (Å²) in [7, 11) is 0. The second-order valence-corrected chi connectivity index (χ2v) is 4.05. The van der Waals surface area contributed by atoms with E-state index in [4.69, 9.17) is 11.6 Å². The minimum absolute atomic E-state index is 0.238. The SMILES string of the molecule is CC(Cn1ccnc1)Nc1ncccc1Cl. The Morgan fingerprint density at radius 3 is 3.06 bits per heavy atom. The first-order chi connectivity index (χ1) is 7.75. The zero-order valence-electron chi connectivity index (χ0n) is 8.97. The number of nitrogens with zero attached hydrogens (tertiary/aromatic N) is 3. The van der Waals surface area contributed by atoms with Gasteiger partial charge in [-0.15, -0.1) is 0 Å². The molecule has 1 N–H and O–H groups in total. The molecule has 2 aromatic rings. The third-order valence-electron chi connectivity index (χ3n) is 2.19. The van der Waals surface area contributed by atoms with Crippen LogP contribution in [-0.2, 0) is 6.54 Å². The van der Waals surface area contributed by atoms with Crippen molar-refractivity contribution >= 4 is 17.4 Å². The van der Waals surface area contributed by atoms with Crippen LogP contribution in [0.3, 0.4) is 0 Å². The minimum Gasteiger partial charge on any atom is -0.365 e. The Morgan fingerprint density at radius 2 is 2.38 bits per heavy atom. The first kappa shape index (κ1) is 11.0. The number of halogens is 1. The summed E-state index contributed by atoms with van der Waals surface area (Å²) < 4.78 is 2.01. The molecule has 0 aliphatic heterocycles. The van der Waals surface area contributed by atoms with Crippen LogP contribution >= 0.6 is 11.6 Å². The van der Waals surface area contributed by atoms with Gasteiger partial charge in [-0.25, -0.2) is 9.97 Å². The molecule has 5 heteroatoms. The van der Waals surface area contributed by atoms with Crippen LogP contribution < -0.4 is 5.32 Å². The van der Waals surface area contributed by atoms with E-state index >= 15 is 0 Å². The lowest BCUT2D eigenvalue weighted by Crippen LogP contribution is -2.22. The van der Waals surface area contributed by atoms with Gasteiger partial charge in [0.05, 0.1) is 11.3 Å². The highest BCUT2D eigenvalue weighted by atomic mass is 35.5. The number of aromatic nitrogens is 3. The topological polar surface area (TPSA) is 42.7 Å². The lowest BCUT2D eigenvalue weighted by Gasteiger charge is -2.15. The minimum atomic E-state index is 0.238. The molecule has 2 rings (SSSR count). The Balaban J connectivity index is 1.97. The van der Waals surface area contributed by atoms with Gasteiger partial charge in [-0.1, -0.05) is 11.6 Å². The summed E-state index contributed by atoms with van der Waals surface area (Å²) >= 11 is 6.01. The molecule has 0 saturated heterocycles. The first-order valence-electron chi connectivity index (χ1n) is 5.08. The van der Waals surface area contributed by atoms with Crippen LogP contribution in [0.15, 0.2) is 37.1 Å². The number of rotatable bonds is 4. The van der Waals surface area contributed by atoms with Crippen molar-refractivity contribution in [2.24, 2.45) is 0 Å². The molecule has 0 aliphatic rings. The molecule has 0 spiro atoms. The van der Waals surface area contributed by atoms with E-state index in [0.29, 0.717) is 5.02 Å². The van der Waals surface area contributed by atoms with E-state index in [1.54, 1.807) is 18.7 Å². The fourth-order valence-electron chi connectivity index (χ4n) is 1.48. The number of pyridine rings is 1. The van der Waals surface area contributed by atoms with Gasteiger partial charge in [0, 0.05) is 31.2 Å². The molecule has 2 heterocycles. The highest BCUT2D eigenvalue weighted by molar-refractivity contribution is 6.32. The maximum absolute atomic E-state index is 6.01. The Morgan fingerprint density at radius 1 is 1.50 bits per heavy atom. The zero-order chi connectivity index (χ0) is 11.4. The number of imidazole rings is 1. The quantitative estimate of drug-likeness (QED) is 0.887. The molecule has 0 radical (unpaired) electrons. The highest BCUT2D eigenvalue weighted by Gasteiger charge is 2.06. The van der Waals surface area contributed by atoms with Crippen LogP contribution in [0.1, 0.15) is 6.92 Å². The monoisotopic (exact) mass is 236 g/mol. The molecule has 4 nitrogen and oxygen atoms in total. The number of anilines is 1. The maximum Gasteiger partial charge on any atom is 0.145 e. The normalized spacial score (nSPS) is 12.4. The standard InChI is InChI=1S/C11H13ClN4/c1-9(7-16-6-5-13-8-16)15-11-10(12)3-2-4-14-11/h2-6,8-9H,7H2,1H3,(H,14,15). The summed E-state index contributed by atoms with van der Waals surface area (Å²) in [6.45, 7) is 2.90. The smallest absolute Gasteiger partial charge is 0.145 e. The van der Waals surface area contributed by atoms with Crippen molar-refractivity contribution in [3.63, 3.8) is 0 Å². The van der Waals surface area contributed by atoms with Crippen molar-refractivity contribution in [2.75, 3.05) is 5.32 Å². The van der Waals surface area contributed by atoms with E-state index in [1.807, 2.05) is 22.9 Å². The summed E-state index contributed by atoms with van der Waals surface area (Å²) in [4.78, 5) is 8.17. The number of hydrogen-bond acceptors (Lipinski definition) is 3. The van der Waals surface area contributed by atoms with Gasteiger partial charge in [0.2, 0.25) is 0 Å². The maximum atomic E-state index is 6.01. The van der Waals surface area contributed by atoms with Crippen LogP contribution in [0.2, 0.25) is 5.02 Å². The molecule has 0 bridgehead atoms. The second-order valence-electron chi connectivity index (χ2n) is 3.64. The summed E-state index contributed by atoms with van der Waals surface area (Å²) in [6, 6.07) is 3.87. The van der Waals surface area contributed by atoms with Crippen molar-refractivity contribution < 1.29 is 0 Å². The lowest BCUT2D eigenvalue weighted by molar-refractivity contribution is 0.617. The summed E-state index contributed by atoms with van der Waals surface area (Å²) in [6.07, 6.45) is 7.20. The molecular formula is C11H13ClN4. The van der Waals surface area contributed by atoms with Crippen LogP contribution in [-0.4, -0.2) is 20.6 Å². The average molecular weight is 237 g/mol. The number of nitrogens with one attached hydrogen (secondary N) is 1. The predicted octanol–water partition coefficient (Wildman–Crippen LogP) is 2.43. The van der Waals surface area contributed by atoms with E-state index in [0.717, 1.165) is 12.4 Å². The molecule has 2 aromatic heterocycles. The van der Waals surface area contributed by atoms with Gasteiger partial charge in [-0.05, 0) is 19.1 Å². The largest absolute Gasteiger partial charge is 0.365 e. The van der Waals surface area contributed by atoms with Gasteiger partial charge < -0.3 is 9.88 Å². The Kier molecular flexibility index (Phi) is 3.41. The van der Waals surface area contributed by atoms with E-state index in [-0.39, 0.29) is 6.04 Å². The third kappa shape index (κ3) is 2.73. The van der Waals surface area contributed by atoms with Gasteiger partial charge >= 0.3 is 0 Å². The van der Waals surface area contributed by atoms with E-state index < -0.39 is 0 Å². The molecule has 0 aromatic carbocycles. The molecule has 0 saturated carbocycles. The molecule has 84 valence electrons. The molecule has 0 amide bonds. The van der Waals surface area contributed by atoms with E-state index in [2.05, 4.69) is 22.2 Å². The summed E-state index contributed by atoms with van der Waals surface area (Å²) in [5.41, 5.74) is 0. The fraction of sp³-hybridized carbons (Fsp3) is 0.273. The highest BCUT2D eigenvalue weighted by Crippen LogP contribution is 2.18. The first-order valence-corrected chi connectivity index (χ1v) is 5.46. The molecule has 1 atom stereocenters. The lowest BCUT2D eigenvalue weighted by atomic mass is 10.3. The van der Waals surface area contributed by atoms with Crippen molar-refractivity contribution in [3.05, 3.63) is 42.1 Å². The van der Waals surface area contributed by atoms with Crippen molar-refractivity contribution in [3.8, 4) is 0 Å². The van der Waals surface area contributed by atoms with E-state index in [1.165, 1.54) is 0 Å². The molecule has 0 aliphatic carbocycles. The van der Waals surface area contributed by atoms with E-state index in [9.17, 15) is 0 Å². The van der Waals surface area contributed by atoms with Gasteiger partial charge in [-0.3, -0.25) is 0 Å². The predicted molar refractivity (Wildman–Crippen MR) is 64.6 cm³/mol. The van der Waals surface area contributed by atoms with Crippen molar-refractivity contribution in [1.82, 2.24) is 14.5 Å². The third-order valence-corrected chi connectivity index (χ3v) is 2.49. The van der Waals surface area contributed by atoms with Crippen LogP contribution in [0, 0.1) is 0 Å². The van der Waals surface area contributed by atoms with Gasteiger partial charge in [0.1, 0.15) is 5.82 Å². The van der Waals surface area contributed by atoms with Crippen LogP contribution in [0.5, 0.6) is 0 Å². The van der Waals surface area contributed by atoms with Gasteiger partial charge in [-0.2, -0.15) is 0 Å². The van der Waals surface area contributed by atoms with Crippen molar-refractivity contribution in [1.29, 1.82) is 0 Å². The molecular weight excluding hydrogens is 224 g/mol. The Bertz CT molecular complexity index is 441. The Labute approximate surface area is 99.3 Å². The average Bonchev–Trinajstić information content (AvgIpc) is 2.74. The van der Waals surface area contributed by atoms with Gasteiger partial charge in [0.25, 0.3) is 0 Å². The summed E-state index contributed by atoms with van der Waals surface area (Å²) in [5.74, 6) is 0.719. The number of hydrogen-bond donors (Lipinski definition) is 1. The molecule has 0 fully saturated rings. The zero-order valence-corrected chi connectivity index (χ0v) is 9.72. The van der Waals surface area contributed by atoms with Crippen molar-refractivity contribution in [2.45, 2.75) is 19.5 Å². The molecule has 16 heavy (non-hydrogen) atoms. The summed E-state index contributed by atoms with van der Waals surface area (Å²) in [5, 5.41) is 3.90. The molecule has 1 unspecified atom stereocenters.